The van der Waals surface area contributed by atoms with Crippen molar-refractivity contribution in [1.29, 1.82) is 0 Å². The van der Waals surface area contributed by atoms with Crippen LogP contribution in [-0.4, -0.2) is 33.5 Å². The van der Waals surface area contributed by atoms with Gasteiger partial charge in [-0.2, -0.15) is 0 Å². The van der Waals surface area contributed by atoms with Crippen LogP contribution in [0, 0.1) is 5.92 Å². The smallest absolute Gasteiger partial charge is 0.240 e. The zero-order valence-corrected chi connectivity index (χ0v) is 13.2. The lowest BCUT2D eigenvalue weighted by molar-refractivity contribution is -0.122. The fraction of sp³-hybridized carbons (Fsp3) is 0.500. The van der Waals surface area contributed by atoms with Crippen LogP contribution in [0.25, 0.3) is 0 Å². The van der Waals surface area contributed by atoms with Crippen LogP contribution in [-0.2, 0) is 14.8 Å². The van der Waals surface area contributed by atoms with Crippen molar-refractivity contribution in [2.24, 2.45) is 11.7 Å². The molecule has 118 valence electrons. The van der Waals surface area contributed by atoms with Gasteiger partial charge in [0.2, 0.25) is 15.9 Å². The number of benzene rings is 1. The fourth-order valence-electron chi connectivity index (χ4n) is 1.80. The minimum Gasteiger partial charge on any atom is -0.353 e. The van der Waals surface area contributed by atoms with Gasteiger partial charge in [0.05, 0.1) is 10.9 Å². The van der Waals surface area contributed by atoms with Crippen LogP contribution in [0.15, 0.2) is 35.2 Å². The summed E-state index contributed by atoms with van der Waals surface area (Å²) in [6.45, 7) is 4.30. The average Bonchev–Trinajstić information content (AvgIpc) is 2.43. The van der Waals surface area contributed by atoms with Crippen molar-refractivity contribution in [3.63, 3.8) is 0 Å². The predicted octanol–water partition coefficient (Wildman–Crippen LogP) is 0.455. The van der Waals surface area contributed by atoms with Crippen molar-refractivity contribution in [2.75, 3.05) is 13.1 Å². The van der Waals surface area contributed by atoms with Crippen molar-refractivity contribution >= 4 is 15.9 Å². The standard InChI is InChI=1S/C14H23N3O3S/c1-11(2)10-13(15)14(18)16-8-9-17-21(19,20)12-6-4-3-5-7-12/h3-7,11,13,17H,8-10,15H2,1-2H3,(H,16,18)/t13-/m0/s1. The minimum atomic E-state index is -3.53. The van der Waals surface area contributed by atoms with Crippen LogP contribution in [0.5, 0.6) is 0 Å². The third-order valence-electron chi connectivity index (χ3n) is 2.83. The number of nitrogens with one attached hydrogen (secondary N) is 2. The lowest BCUT2D eigenvalue weighted by Gasteiger charge is -2.14. The van der Waals surface area contributed by atoms with E-state index in [1.165, 1.54) is 12.1 Å². The molecule has 1 aromatic rings. The van der Waals surface area contributed by atoms with Crippen LogP contribution < -0.4 is 15.8 Å². The molecule has 0 heterocycles. The summed E-state index contributed by atoms with van der Waals surface area (Å²) in [7, 11) is -3.53. The van der Waals surface area contributed by atoms with E-state index in [2.05, 4.69) is 10.0 Å². The normalized spacial score (nSPS) is 13.1. The molecule has 0 saturated carbocycles. The second kappa shape index (κ2) is 8.11. The zero-order valence-electron chi connectivity index (χ0n) is 12.4. The summed E-state index contributed by atoms with van der Waals surface area (Å²) in [6.07, 6.45) is 0.599. The van der Waals surface area contributed by atoms with E-state index >= 15 is 0 Å². The lowest BCUT2D eigenvalue weighted by atomic mass is 10.0. The van der Waals surface area contributed by atoms with E-state index in [9.17, 15) is 13.2 Å². The Morgan fingerprint density at radius 1 is 1.19 bits per heavy atom. The van der Waals surface area contributed by atoms with E-state index in [-0.39, 0.29) is 23.9 Å². The highest BCUT2D eigenvalue weighted by molar-refractivity contribution is 7.89. The molecular weight excluding hydrogens is 290 g/mol. The Balaban J connectivity index is 2.36. The third-order valence-corrected chi connectivity index (χ3v) is 4.31. The number of sulfonamides is 1. The van der Waals surface area contributed by atoms with Crippen LogP contribution in [0.2, 0.25) is 0 Å². The van der Waals surface area contributed by atoms with Gasteiger partial charge in [-0.05, 0) is 24.5 Å². The highest BCUT2D eigenvalue weighted by Gasteiger charge is 2.15. The largest absolute Gasteiger partial charge is 0.353 e. The van der Waals surface area contributed by atoms with E-state index < -0.39 is 16.1 Å². The molecule has 1 atom stereocenters. The molecule has 0 aliphatic heterocycles. The van der Waals surface area contributed by atoms with E-state index in [4.69, 9.17) is 5.73 Å². The van der Waals surface area contributed by atoms with Gasteiger partial charge in [-0.25, -0.2) is 13.1 Å². The lowest BCUT2D eigenvalue weighted by Crippen LogP contribution is -2.44. The molecule has 6 nitrogen and oxygen atoms in total. The topological polar surface area (TPSA) is 101 Å². The summed E-state index contributed by atoms with van der Waals surface area (Å²) in [4.78, 5) is 11.9. The average molecular weight is 313 g/mol. The summed E-state index contributed by atoms with van der Waals surface area (Å²) in [6, 6.07) is 7.52. The van der Waals surface area contributed by atoms with Gasteiger partial charge in [-0.3, -0.25) is 4.79 Å². The van der Waals surface area contributed by atoms with Gasteiger partial charge in [-0.1, -0.05) is 32.0 Å². The molecule has 0 spiro atoms. The van der Waals surface area contributed by atoms with Gasteiger partial charge < -0.3 is 11.1 Å². The highest BCUT2D eigenvalue weighted by Crippen LogP contribution is 2.06. The molecule has 0 aliphatic carbocycles. The molecule has 0 aromatic heterocycles. The van der Waals surface area contributed by atoms with Gasteiger partial charge in [0.1, 0.15) is 0 Å². The summed E-state index contributed by atoms with van der Waals surface area (Å²) in [5, 5.41) is 2.62. The first kappa shape index (κ1) is 17.6. The van der Waals surface area contributed by atoms with Gasteiger partial charge in [0.15, 0.2) is 0 Å². The Morgan fingerprint density at radius 2 is 1.81 bits per heavy atom. The molecule has 21 heavy (non-hydrogen) atoms. The summed E-state index contributed by atoms with van der Waals surface area (Å²) < 4.78 is 26.2. The summed E-state index contributed by atoms with van der Waals surface area (Å²) >= 11 is 0. The molecule has 7 heteroatoms. The maximum absolute atomic E-state index is 11.9. The Hall–Kier alpha value is -1.44. The van der Waals surface area contributed by atoms with Gasteiger partial charge >= 0.3 is 0 Å². The molecule has 4 N–H and O–H groups in total. The first-order chi connectivity index (χ1) is 9.83. The molecule has 0 fully saturated rings. The summed E-state index contributed by atoms with van der Waals surface area (Å²) in [5.74, 6) is 0.0740. The first-order valence-electron chi connectivity index (χ1n) is 6.91. The van der Waals surface area contributed by atoms with E-state index in [0.717, 1.165) is 0 Å². The Bertz CT molecular complexity index is 544. The predicted molar refractivity (Wildman–Crippen MR) is 82.1 cm³/mol. The van der Waals surface area contributed by atoms with Crippen LogP contribution >= 0.6 is 0 Å². The number of carbonyl (C=O) groups excluding carboxylic acids is 1. The van der Waals surface area contributed by atoms with Crippen LogP contribution in [0.1, 0.15) is 20.3 Å². The monoisotopic (exact) mass is 313 g/mol. The van der Waals surface area contributed by atoms with E-state index in [1.54, 1.807) is 18.2 Å². The number of hydrogen-bond acceptors (Lipinski definition) is 4. The fourth-order valence-corrected chi connectivity index (χ4v) is 2.85. The Kier molecular flexibility index (Phi) is 6.80. The van der Waals surface area contributed by atoms with Crippen molar-refractivity contribution in [1.82, 2.24) is 10.0 Å². The molecule has 0 aliphatic rings. The summed E-state index contributed by atoms with van der Waals surface area (Å²) in [5.41, 5.74) is 5.73. The van der Waals surface area contributed by atoms with Crippen molar-refractivity contribution in [2.45, 2.75) is 31.2 Å². The second-order valence-corrected chi connectivity index (χ2v) is 7.00. The van der Waals surface area contributed by atoms with Crippen molar-refractivity contribution in [3.05, 3.63) is 30.3 Å². The highest BCUT2D eigenvalue weighted by atomic mass is 32.2. The zero-order chi connectivity index (χ0) is 15.9. The number of amides is 1. The maximum atomic E-state index is 11.9. The quantitative estimate of drug-likeness (QED) is 0.607. The molecule has 0 saturated heterocycles. The maximum Gasteiger partial charge on any atom is 0.240 e. The Labute approximate surface area is 126 Å². The minimum absolute atomic E-state index is 0.122. The number of carbonyl (C=O) groups is 1. The number of nitrogens with two attached hydrogens (primary N) is 1. The van der Waals surface area contributed by atoms with Gasteiger partial charge in [-0.15, -0.1) is 0 Å². The molecule has 0 radical (unpaired) electrons. The molecule has 0 bridgehead atoms. The molecule has 1 rings (SSSR count). The van der Waals surface area contributed by atoms with Gasteiger partial charge in [0.25, 0.3) is 0 Å². The molecule has 1 amide bonds. The Morgan fingerprint density at radius 3 is 2.38 bits per heavy atom. The third kappa shape index (κ3) is 6.24. The molecular formula is C14H23N3O3S. The van der Waals surface area contributed by atoms with E-state index in [1.807, 2.05) is 13.8 Å². The number of hydrogen-bond donors (Lipinski definition) is 3. The van der Waals surface area contributed by atoms with Gasteiger partial charge in [0, 0.05) is 13.1 Å². The van der Waals surface area contributed by atoms with Crippen LogP contribution in [0.3, 0.4) is 0 Å². The van der Waals surface area contributed by atoms with E-state index in [0.29, 0.717) is 12.3 Å². The van der Waals surface area contributed by atoms with Crippen molar-refractivity contribution in [3.8, 4) is 0 Å². The number of rotatable bonds is 8. The SMILES string of the molecule is CC(C)C[C@H](N)C(=O)NCCNS(=O)(=O)c1ccccc1. The van der Waals surface area contributed by atoms with Crippen LogP contribution in [0.4, 0.5) is 0 Å². The van der Waals surface area contributed by atoms with Crippen molar-refractivity contribution < 1.29 is 13.2 Å². The second-order valence-electron chi connectivity index (χ2n) is 5.24. The molecule has 0 unspecified atom stereocenters. The first-order valence-corrected chi connectivity index (χ1v) is 8.39. The molecule has 1 aromatic carbocycles.